The fourth-order valence-corrected chi connectivity index (χ4v) is 3.28. The Morgan fingerprint density at radius 2 is 1.93 bits per heavy atom. The Bertz CT molecular complexity index is 985. The largest absolute Gasteiger partial charge is 0.573 e. The fourth-order valence-electron chi connectivity index (χ4n) is 2.38. The summed E-state index contributed by atoms with van der Waals surface area (Å²) >= 11 is 1.12. The van der Waals surface area contributed by atoms with Crippen LogP contribution in [0.25, 0.3) is 10.4 Å². The number of aryl methyl sites for hydroxylation is 1. The van der Waals surface area contributed by atoms with Crippen molar-refractivity contribution in [3.63, 3.8) is 0 Å². The molecule has 1 heterocycles. The number of anilines is 1. The minimum absolute atomic E-state index is 0.112. The summed E-state index contributed by atoms with van der Waals surface area (Å²) in [5, 5.41) is 2.75. The summed E-state index contributed by atoms with van der Waals surface area (Å²) in [5.74, 6) is -1.61. The lowest BCUT2D eigenvalue weighted by Gasteiger charge is -2.10. The van der Waals surface area contributed by atoms with Gasteiger partial charge in [-0.15, -0.1) is 13.2 Å². The van der Waals surface area contributed by atoms with E-state index in [4.69, 9.17) is 0 Å². The summed E-state index contributed by atoms with van der Waals surface area (Å²) in [7, 11) is 0. The van der Waals surface area contributed by atoms with E-state index in [1.165, 1.54) is 42.6 Å². The van der Waals surface area contributed by atoms with E-state index >= 15 is 0 Å². The number of halogens is 4. The first-order valence-electron chi connectivity index (χ1n) is 7.61. The maximum absolute atomic E-state index is 13.7. The molecule has 1 N–H and O–H groups in total. The highest BCUT2D eigenvalue weighted by Crippen LogP contribution is 2.34. The van der Waals surface area contributed by atoms with Gasteiger partial charge in [0.15, 0.2) is 5.13 Å². The molecule has 0 saturated heterocycles. The van der Waals surface area contributed by atoms with Gasteiger partial charge in [-0.2, -0.15) is 0 Å². The third-order valence-electron chi connectivity index (χ3n) is 3.54. The Balaban J connectivity index is 1.78. The summed E-state index contributed by atoms with van der Waals surface area (Å²) in [4.78, 5) is 16.8. The highest BCUT2D eigenvalue weighted by atomic mass is 32.1. The van der Waals surface area contributed by atoms with Gasteiger partial charge in [0.2, 0.25) is 0 Å². The van der Waals surface area contributed by atoms with Gasteiger partial charge in [-0.05, 0) is 48.4 Å². The van der Waals surface area contributed by atoms with E-state index in [0.29, 0.717) is 16.0 Å². The molecular formula is C18H12F4N2O2S. The molecule has 0 atom stereocenters. The molecule has 4 nitrogen and oxygen atoms in total. The number of alkyl halides is 3. The predicted octanol–water partition coefficient (Wildman–Crippen LogP) is 5.41. The second-order valence-corrected chi connectivity index (χ2v) is 6.52. The molecule has 0 fully saturated rings. The van der Waals surface area contributed by atoms with Gasteiger partial charge in [-0.25, -0.2) is 9.37 Å². The minimum atomic E-state index is -4.76. The van der Waals surface area contributed by atoms with Crippen LogP contribution in [0.5, 0.6) is 5.75 Å². The average molecular weight is 396 g/mol. The van der Waals surface area contributed by atoms with Crippen LogP contribution in [0.15, 0.2) is 48.7 Å². The summed E-state index contributed by atoms with van der Waals surface area (Å²) in [6, 6.07) is 9.49. The van der Waals surface area contributed by atoms with E-state index in [9.17, 15) is 22.4 Å². The van der Waals surface area contributed by atoms with Crippen molar-refractivity contribution in [1.82, 2.24) is 4.98 Å². The standard InChI is InChI=1S/C18H12F4N2O2S/c1-10-8-11(26-18(20,21)22)6-7-12(10)15-9-23-17(27-15)24-16(25)13-4-2-3-5-14(13)19/h2-9H,1H3,(H,23,24,25). The van der Waals surface area contributed by atoms with Gasteiger partial charge >= 0.3 is 6.36 Å². The van der Waals surface area contributed by atoms with Crippen molar-refractivity contribution >= 4 is 22.4 Å². The zero-order chi connectivity index (χ0) is 19.6. The van der Waals surface area contributed by atoms with Crippen molar-refractivity contribution in [3.8, 4) is 16.2 Å². The van der Waals surface area contributed by atoms with Gasteiger partial charge < -0.3 is 4.74 Å². The van der Waals surface area contributed by atoms with E-state index in [-0.39, 0.29) is 16.4 Å². The number of ether oxygens (including phenoxy) is 1. The predicted molar refractivity (Wildman–Crippen MR) is 93.3 cm³/mol. The van der Waals surface area contributed by atoms with E-state index in [1.807, 2.05) is 0 Å². The lowest BCUT2D eigenvalue weighted by molar-refractivity contribution is -0.274. The molecular weight excluding hydrogens is 384 g/mol. The quantitative estimate of drug-likeness (QED) is 0.600. The Morgan fingerprint density at radius 3 is 2.59 bits per heavy atom. The average Bonchev–Trinajstić information content (AvgIpc) is 3.02. The van der Waals surface area contributed by atoms with E-state index in [2.05, 4.69) is 15.0 Å². The number of hydrogen-bond donors (Lipinski definition) is 1. The second-order valence-electron chi connectivity index (χ2n) is 5.49. The van der Waals surface area contributed by atoms with Crippen LogP contribution >= 0.6 is 11.3 Å². The highest BCUT2D eigenvalue weighted by molar-refractivity contribution is 7.19. The summed E-state index contributed by atoms with van der Waals surface area (Å²) in [6.45, 7) is 1.63. The number of benzene rings is 2. The van der Waals surface area contributed by atoms with Crippen molar-refractivity contribution in [2.45, 2.75) is 13.3 Å². The number of nitrogens with one attached hydrogen (secondary N) is 1. The second kappa shape index (κ2) is 7.36. The Labute approximate surface area is 155 Å². The van der Waals surface area contributed by atoms with Gasteiger partial charge in [0.05, 0.1) is 10.4 Å². The minimum Gasteiger partial charge on any atom is -0.406 e. The van der Waals surface area contributed by atoms with Crippen LogP contribution in [0.3, 0.4) is 0 Å². The van der Waals surface area contributed by atoms with Crippen molar-refractivity contribution in [3.05, 3.63) is 65.6 Å². The zero-order valence-electron chi connectivity index (χ0n) is 13.8. The molecule has 0 saturated carbocycles. The summed E-state index contributed by atoms with van der Waals surface area (Å²) in [6.07, 6.45) is -3.28. The summed E-state index contributed by atoms with van der Waals surface area (Å²) in [5.41, 5.74) is 1.08. The van der Waals surface area contributed by atoms with Crippen LogP contribution in [0, 0.1) is 12.7 Å². The molecule has 9 heteroatoms. The molecule has 0 aliphatic rings. The van der Waals surface area contributed by atoms with Crippen LogP contribution in [0.1, 0.15) is 15.9 Å². The molecule has 0 aliphatic carbocycles. The molecule has 0 unspecified atom stereocenters. The first-order valence-corrected chi connectivity index (χ1v) is 8.43. The van der Waals surface area contributed by atoms with Crippen LogP contribution in [-0.2, 0) is 0 Å². The normalized spacial score (nSPS) is 11.3. The number of aromatic nitrogens is 1. The Morgan fingerprint density at radius 1 is 1.19 bits per heavy atom. The topological polar surface area (TPSA) is 51.2 Å². The maximum Gasteiger partial charge on any atom is 0.573 e. The maximum atomic E-state index is 13.7. The van der Waals surface area contributed by atoms with Crippen LogP contribution in [0.2, 0.25) is 0 Å². The number of thiazole rings is 1. The monoisotopic (exact) mass is 396 g/mol. The van der Waals surface area contributed by atoms with Crippen LogP contribution in [0.4, 0.5) is 22.7 Å². The molecule has 1 amide bonds. The van der Waals surface area contributed by atoms with E-state index < -0.39 is 18.1 Å². The summed E-state index contributed by atoms with van der Waals surface area (Å²) < 4.78 is 54.4. The molecule has 1 aromatic heterocycles. The molecule has 0 radical (unpaired) electrons. The molecule has 0 bridgehead atoms. The first kappa shape index (κ1) is 18.8. The third kappa shape index (κ3) is 4.62. The Hall–Kier alpha value is -2.94. The molecule has 3 rings (SSSR count). The van der Waals surface area contributed by atoms with Crippen molar-refractivity contribution in [2.75, 3.05) is 5.32 Å². The lowest BCUT2D eigenvalue weighted by Crippen LogP contribution is -2.17. The van der Waals surface area contributed by atoms with Crippen LogP contribution < -0.4 is 10.1 Å². The molecule has 0 aliphatic heterocycles. The number of rotatable bonds is 4. The lowest BCUT2D eigenvalue weighted by atomic mass is 10.1. The molecule has 0 spiro atoms. The van der Waals surface area contributed by atoms with Crippen molar-refractivity contribution in [2.24, 2.45) is 0 Å². The van der Waals surface area contributed by atoms with Gasteiger partial charge in [0, 0.05) is 6.20 Å². The number of carbonyl (C=O) groups is 1. The number of nitrogens with zero attached hydrogens (tertiary/aromatic N) is 1. The molecule has 27 heavy (non-hydrogen) atoms. The zero-order valence-corrected chi connectivity index (χ0v) is 14.6. The SMILES string of the molecule is Cc1cc(OC(F)(F)F)ccc1-c1cnc(NC(=O)c2ccccc2F)s1. The number of carbonyl (C=O) groups excluding carboxylic acids is 1. The number of amides is 1. The third-order valence-corrected chi connectivity index (χ3v) is 4.49. The van der Waals surface area contributed by atoms with E-state index in [0.717, 1.165) is 11.3 Å². The van der Waals surface area contributed by atoms with Crippen molar-refractivity contribution < 1.29 is 27.1 Å². The van der Waals surface area contributed by atoms with E-state index in [1.54, 1.807) is 13.0 Å². The van der Waals surface area contributed by atoms with Crippen molar-refractivity contribution in [1.29, 1.82) is 0 Å². The fraction of sp³-hybridized carbons (Fsp3) is 0.111. The Kier molecular flexibility index (Phi) is 5.13. The first-order chi connectivity index (χ1) is 12.7. The van der Waals surface area contributed by atoms with Gasteiger partial charge in [-0.1, -0.05) is 23.5 Å². The van der Waals surface area contributed by atoms with Gasteiger partial charge in [0.1, 0.15) is 11.6 Å². The van der Waals surface area contributed by atoms with Crippen LogP contribution in [-0.4, -0.2) is 17.3 Å². The number of hydrogen-bond acceptors (Lipinski definition) is 4. The van der Waals surface area contributed by atoms with Gasteiger partial charge in [0.25, 0.3) is 5.91 Å². The highest BCUT2D eigenvalue weighted by Gasteiger charge is 2.31. The molecule has 3 aromatic rings. The smallest absolute Gasteiger partial charge is 0.406 e. The molecule has 2 aromatic carbocycles. The molecule has 140 valence electrons. The van der Waals surface area contributed by atoms with Gasteiger partial charge in [-0.3, -0.25) is 10.1 Å².